The largest absolute Gasteiger partial charge is 0.508 e. The molecule has 4 amide bonds. The minimum Gasteiger partial charge on any atom is -0.508 e. The molecule has 2 N–H and O–H groups in total. The van der Waals surface area contributed by atoms with Crippen molar-refractivity contribution in [3.05, 3.63) is 102 Å². The van der Waals surface area contributed by atoms with Crippen LogP contribution in [0, 0.1) is 0 Å². The van der Waals surface area contributed by atoms with Crippen LogP contribution in [0.2, 0.25) is 0 Å². The lowest BCUT2D eigenvalue weighted by molar-refractivity contribution is -0.167. The van der Waals surface area contributed by atoms with Gasteiger partial charge in [-0.25, -0.2) is 14.8 Å². The van der Waals surface area contributed by atoms with Crippen molar-refractivity contribution in [1.29, 1.82) is 0 Å². The zero-order valence-corrected chi connectivity index (χ0v) is 23.2. The Labute approximate surface area is 235 Å². The Bertz CT molecular complexity index is 1270. The van der Waals surface area contributed by atoms with Gasteiger partial charge in [0, 0.05) is 26.6 Å². The second-order valence-electron chi connectivity index (χ2n) is 9.96. The van der Waals surface area contributed by atoms with Gasteiger partial charge in [-0.3, -0.25) is 9.59 Å². The smallest absolute Gasteiger partial charge is 0.334 e. The molecule has 0 bridgehead atoms. The van der Waals surface area contributed by atoms with Crippen LogP contribution in [0.15, 0.2) is 84.9 Å². The zero-order valence-electron chi connectivity index (χ0n) is 23.2. The van der Waals surface area contributed by atoms with Crippen molar-refractivity contribution in [3.8, 4) is 5.75 Å². The maximum atomic E-state index is 14.0. The van der Waals surface area contributed by atoms with E-state index in [-0.39, 0.29) is 36.7 Å². The number of nitrogens with zero attached hydrogens (tertiary/aromatic N) is 4. The van der Waals surface area contributed by atoms with E-state index >= 15 is 0 Å². The van der Waals surface area contributed by atoms with Crippen molar-refractivity contribution in [2.75, 3.05) is 20.1 Å². The molecule has 0 aromatic heterocycles. The molecule has 210 valence electrons. The molecule has 9 nitrogen and oxygen atoms in total. The van der Waals surface area contributed by atoms with Crippen LogP contribution in [-0.2, 0) is 22.6 Å². The van der Waals surface area contributed by atoms with E-state index in [0.717, 1.165) is 16.7 Å². The van der Waals surface area contributed by atoms with E-state index in [1.807, 2.05) is 74.5 Å². The number of hydrogen-bond acceptors (Lipinski definition) is 5. The number of carbonyl (C=O) groups is 3. The van der Waals surface area contributed by atoms with Crippen molar-refractivity contribution >= 4 is 18.3 Å². The number of aromatic hydroxyl groups is 1. The third-order valence-electron chi connectivity index (χ3n) is 7.47. The average Bonchev–Trinajstić information content (AvgIpc) is 2.99. The Morgan fingerprint density at radius 1 is 1.02 bits per heavy atom. The number of piperazine rings is 1. The quantitative estimate of drug-likeness (QED) is 0.300. The van der Waals surface area contributed by atoms with E-state index in [2.05, 4.69) is 5.32 Å². The van der Waals surface area contributed by atoms with Crippen molar-refractivity contribution in [3.63, 3.8) is 0 Å². The molecule has 3 atom stereocenters. The maximum Gasteiger partial charge on any atom is 0.334 e. The highest BCUT2D eigenvalue weighted by Crippen LogP contribution is 2.30. The number of amides is 4. The van der Waals surface area contributed by atoms with Crippen LogP contribution in [0.25, 0.3) is 0 Å². The number of phenolic OH excluding ortho intramolecular Hbond substituents is 1. The Kier molecular flexibility index (Phi) is 9.39. The summed E-state index contributed by atoms with van der Waals surface area (Å²) in [6.07, 6.45) is 0.157. The summed E-state index contributed by atoms with van der Waals surface area (Å²) in [6.45, 7) is 4.86. The van der Waals surface area contributed by atoms with Crippen LogP contribution in [0.1, 0.15) is 36.6 Å². The summed E-state index contributed by atoms with van der Waals surface area (Å²) in [5.41, 5.74) is 2.70. The zero-order chi connectivity index (χ0) is 28.6. The summed E-state index contributed by atoms with van der Waals surface area (Å²) >= 11 is 0. The number of hydrogen-bond donors (Lipinski definition) is 2. The summed E-state index contributed by atoms with van der Waals surface area (Å²) in [5.74, 6) is -0.0782. The Morgan fingerprint density at radius 2 is 1.65 bits per heavy atom. The second kappa shape index (κ2) is 13.1. The Hall–Kier alpha value is -4.37. The van der Waals surface area contributed by atoms with Gasteiger partial charge >= 0.3 is 6.03 Å². The van der Waals surface area contributed by atoms with Gasteiger partial charge in [0.05, 0.1) is 12.6 Å². The van der Waals surface area contributed by atoms with Crippen molar-refractivity contribution in [2.45, 2.75) is 45.1 Å². The summed E-state index contributed by atoms with van der Waals surface area (Å²) in [7, 11) is 1.79. The molecule has 9 heteroatoms. The minimum absolute atomic E-state index is 0.119. The van der Waals surface area contributed by atoms with E-state index in [4.69, 9.17) is 0 Å². The van der Waals surface area contributed by atoms with Crippen LogP contribution in [-0.4, -0.2) is 75.6 Å². The molecule has 1 fully saturated rings. The lowest BCUT2D eigenvalue weighted by Gasteiger charge is -2.51. The number of urea groups is 1. The average molecular weight is 544 g/mol. The number of carbonyl (C=O) groups excluding carboxylic acids is 3. The lowest BCUT2D eigenvalue weighted by Crippen LogP contribution is -2.70. The Morgan fingerprint density at radius 3 is 2.25 bits per heavy atom. The molecule has 1 aliphatic rings. The first-order valence-electron chi connectivity index (χ1n) is 13.5. The molecule has 1 aliphatic heterocycles. The summed E-state index contributed by atoms with van der Waals surface area (Å²) in [6, 6.07) is 24.4. The number of benzene rings is 3. The van der Waals surface area contributed by atoms with E-state index in [9.17, 15) is 19.5 Å². The maximum absolute atomic E-state index is 14.0. The predicted octanol–water partition coefficient (Wildman–Crippen LogP) is 3.77. The van der Waals surface area contributed by atoms with Crippen LogP contribution >= 0.6 is 0 Å². The van der Waals surface area contributed by atoms with E-state index in [0.29, 0.717) is 19.5 Å². The van der Waals surface area contributed by atoms with E-state index in [1.54, 1.807) is 41.2 Å². The van der Waals surface area contributed by atoms with Gasteiger partial charge in [-0.2, -0.15) is 0 Å². The van der Waals surface area contributed by atoms with Gasteiger partial charge in [0.2, 0.25) is 12.3 Å². The van der Waals surface area contributed by atoms with E-state index < -0.39 is 12.2 Å². The Balaban J connectivity index is 1.70. The molecule has 0 saturated carbocycles. The molecule has 0 radical (unpaired) electrons. The molecule has 1 unspecified atom stereocenters. The number of nitrogens with one attached hydrogen (secondary N) is 1. The van der Waals surface area contributed by atoms with Crippen LogP contribution < -0.4 is 5.32 Å². The molecule has 1 saturated heterocycles. The number of rotatable bonds is 10. The fourth-order valence-corrected chi connectivity index (χ4v) is 5.07. The van der Waals surface area contributed by atoms with Crippen LogP contribution in [0.3, 0.4) is 0 Å². The highest BCUT2D eigenvalue weighted by Gasteiger charge is 2.46. The summed E-state index contributed by atoms with van der Waals surface area (Å²) < 4.78 is 0. The fraction of sp³-hybridized carbons (Fsp3) is 0.323. The van der Waals surface area contributed by atoms with Gasteiger partial charge in [-0.1, -0.05) is 79.7 Å². The molecular formula is C31H37N5O4. The first-order chi connectivity index (χ1) is 19.3. The lowest BCUT2D eigenvalue weighted by atomic mass is 9.97. The van der Waals surface area contributed by atoms with Crippen LogP contribution in [0.4, 0.5) is 4.79 Å². The second-order valence-corrected chi connectivity index (χ2v) is 9.96. The van der Waals surface area contributed by atoms with Gasteiger partial charge in [0.15, 0.2) is 0 Å². The predicted molar refractivity (Wildman–Crippen MR) is 153 cm³/mol. The molecule has 1 heterocycles. The van der Waals surface area contributed by atoms with Gasteiger partial charge in [-0.15, -0.1) is 0 Å². The molecule has 3 aromatic carbocycles. The standard InChI is InChI=1S/C31H37N5O4/c1-4-33(3)36(31(40)32-20-25-11-7-5-8-12-25)29-21-34(23(2)26-13-9-6-10-14-26)30(39)28(35(29)22-37)19-24-15-17-27(38)18-16-24/h5-18,22-23,28-29,38H,4,19-21H2,1-3H3,(H,32,40)/t23-,28+,29?/m1/s1. The SMILES string of the molecule is CCN(C)N(C(=O)NCc1ccccc1)C1CN([C@H](C)c2ccccc2)C(=O)[C@H](Cc2ccc(O)cc2)N1C=O. The highest BCUT2D eigenvalue weighted by atomic mass is 16.3. The first-order valence-corrected chi connectivity index (χ1v) is 13.5. The molecular weight excluding hydrogens is 506 g/mol. The van der Waals surface area contributed by atoms with Gasteiger partial charge in [-0.05, 0) is 35.7 Å². The first kappa shape index (κ1) is 28.6. The monoisotopic (exact) mass is 543 g/mol. The summed E-state index contributed by atoms with van der Waals surface area (Å²) in [5, 5.41) is 16.0. The summed E-state index contributed by atoms with van der Waals surface area (Å²) in [4.78, 5) is 43.6. The van der Waals surface area contributed by atoms with Crippen molar-refractivity contribution < 1.29 is 19.5 Å². The van der Waals surface area contributed by atoms with Crippen LogP contribution in [0.5, 0.6) is 5.75 Å². The minimum atomic E-state index is -0.846. The van der Waals surface area contributed by atoms with E-state index in [1.165, 1.54) is 9.91 Å². The molecule has 40 heavy (non-hydrogen) atoms. The van der Waals surface area contributed by atoms with Gasteiger partial charge < -0.3 is 20.2 Å². The molecule has 0 aliphatic carbocycles. The van der Waals surface area contributed by atoms with Gasteiger partial charge in [0.1, 0.15) is 18.0 Å². The molecule has 3 aromatic rings. The number of hydrazine groups is 1. The van der Waals surface area contributed by atoms with Gasteiger partial charge in [0.25, 0.3) is 0 Å². The molecule has 4 rings (SSSR count). The highest BCUT2D eigenvalue weighted by molar-refractivity contribution is 5.86. The fourth-order valence-electron chi connectivity index (χ4n) is 5.07. The normalized spacial score (nSPS) is 17.9. The molecule has 0 spiro atoms. The topological polar surface area (TPSA) is 96.4 Å². The van der Waals surface area contributed by atoms with Crippen molar-refractivity contribution in [2.24, 2.45) is 0 Å². The third-order valence-corrected chi connectivity index (χ3v) is 7.47. The number of phenols is 1. The van der Waals surface area contributed by atoms with Crippen molar-refractivity contribution in [1.82, 2.24) is 25.1 Å². The third kappa shape index (κ3) is 6.43.